The first-order valence-electron chi connectivity index (χ1n) is 12.7. The van der Waals surface area contributed by atoms with Crippen LogP contribution < -0.4 is 0 Å². The van der Waals surface area contributed by atoms with Gasteiger partial charge in [0, 0.05) is 23.7 Å². The highest BCUT2D eigenvalue weighted by atomic mass is 32.2. The molecule has 3 fully saturated rings. The Kier molecular flexibility index (Phi) is 7.68. The fourth-order valence-electron chi connectivity index (χ4n) is 7.81. The Balaban J connectivity index is 1.80. The number of rotatable bonds is 7. The fourth-order valence-corrected chi connectivity index (χ4v) is 8.13. The number of esters is 2. The summed E-state index contributed by atoms with van der Waals surface area (Å²) in [5.74, 6) is -4.21. The van der Waals surface area contributed by atoms with E-state index < -0.39 is 59.0 Å². The Labute approximate surface area is 223 Å². The molecule has 0 aromatic heterocycles. The van der Waals surface area contributed by atoms with E-state index in [1.54, 1.807) is 12.3 Å². The van der Waals surface area contributed by atoms with Gasteiger partial charge in [0.2, 0.25) is 5.78 Å². The van der Waals surface area contributed by atoms with Gasteiger partial charge in [0.05, 0.1) is 5.94 Å². The van der Waals surface area contributed by atoms with Crippen LogP contribution in [0.2, 0.25) is 0 Å². The number of carbonyl (C=O) groups excluding carboxylic acids is 4. The number of ketones is 2. The van der Waals surface area contributed by atoms with Crippen LogP contribution in [-0.2, 0) is 33.4 Å². The molecule has 0 spiro atoms. The number of hydrogen-bond donors (Lipinski definition) is 0. The Hall–Kier alpha value is -2.14. The van der Waals surface area contributed by atoms with Crippen molar-refractivity contribution in [3.8, 4) is 0 Å². The second-order valence-electron chi connectivity index (χ2n) is 11.2. The zero-order chi connectivity index (χ0) is 28.1. The number of alkyl halides is 3. The molecule has 0 heterocycles. The Morgan fingerprint density at radius 2 is 1.89 bits per heavy atom. The number of allylic oxidation sites excluding steroid dienone is 4. The average Bonchev–Trinajstić information content (AvgIpc) is 3.13. The lowest BCUT2D eigenvalue weighted by Crippen LogP contribution is -2.63. The number of carbonyl (C=O) groups is 4. The summed E-state index contributed by atoms with van der Waals surface area (Å²) in [4.78, 5) is 49.4. The summed E-state index contributed by atoms with van der Waals surface area (Å²) in [6.45, 7) is 4.39. The highest BCUT2D eigenvalue weighted by molar-refractivity contribution is 7.98. The smallest absolute Gasteiger partial charge is 0.458 e. The van der Waals surface area contributed by atoms with E-state index in [0.717, 1.165) is 5.57 Å². The Morgan fingerprint density at radius 3 is 2.53 bits per heavy atom. The summed E-state index contributed by atoms with van der Waals surface area (Å²) >= 11 is 1.35. The quantitative estimate of drug-likeness (QED) is 0.331. The second kappa shape index (κ2) is 10.1. The van der Waals surface area contributed by atoms with Crippen molar-refractivity contribution in [3.05, 3.63) is 23.8 Å². The second-order valence-corrected chi connectivity index (χ2v) is 12.0. The Morgan fingerprint density at radius 1 is 1.18 bits per heavy atom. The van der Waals surface area contributed by atoms with E-state index >= 15 is 0 Å². The molecule has 4 rings (SSSR count). The lowest BCUT2D eigenvalue weighted by molar-refractivity contribution is -0.226. The van der Waals surface area contributed by atoms with E-state index in [1.807, 2.05) is 13.8 Å². The molecule has 210 valence electrons. The van der Waals surface area contributed by atoms with Gasteiger partial charge < -0.3 is 14.2 Å². The maximum Gasteiger partial charge on any atom is 0.490 e. The van der Waals surface area contributed by atoms with Gasteiger partial charge in [0.1, 0.15) is 11.7 Å². The molecule has 38 heavy (non-hydrogen) atoms. The highest BCUT2D eigenvalue weighted by Gasteiger charge is 2.70. The molecule has 0 amide bonds. The molecule has 4 aliphatic rings. The molecule has 7 nitrogen and oxygen atoms in total. The summed E-state index contributed by atoms with van der Waals surface area (Å²) in [5.41, 5.74) is -2.36. The van der Waals surface area contributed by atoms with Crippen LogP contribution in [0.1, 0.15) is 52.9 Å². The van der Waals surface area contributed by atoms with Crippen LogP contribution in [0.3, 0.4) is 0 Å². The monoisotopic (exact) mass is 558 g/mol. The van der Waals surface area contributed by atoms with Crippen molar-refractivity contribution in [2.45, 2.75) is 70.8 Å². The molecule has 0 unspecified atom stereocenters. The number of halogens is 3. The lowest BCUT2D eigenvalue weighted by Gasteiger charge is -2.60. The van der Waals surface area contributed by atoms with E-state index in [-0.39, 0.29) is 30.0 Å². The van der Waals surface area contributed by atoms with Gasteiger partial charge in [0.25, 0.3) is 0 Å². The lowest BCUT2D eigenvalue weighted by atomic mass is 9.46. The summed E-state index contributed by atoms with van der Waals surface area (Å²) < 4.78 is 56.8. The molecule has 0 aromatic carbocycles. The number of hydrogen-bond acceptors (Lipinski definition) is 8. The van der Waals surface area contributed by atoms with Crippen molar-refractivity contribution in [3.63, 3.8) is 0 Å². The zero-order valence-electron chi connectivity index (χ0n) is 21.9. The van der Waals surface area contributed by atoms with Gasteiger partial charge in [-0.25, -0.2) is 4.79 Å². The standard InChI is InChI=1S/C27H33F3O7S/c1-15(31)35-13-21(33)26(36-14-38-4)10-8-19-18-6-5-16-11-17(32)7-9-24(16,2)22(18)20(12-25(19,26)3)37-23(34)27(28,29)30/h7,9,11,18-20,22H,5-6,8,10,12-14H2,1-4H3/t18-,19-,20-,22+,24-,25-,26-/m0/s1. The third-order valence-electron chi connectivity index (χ3n) is 9.36. The van der Waals surface area contributed by atoms with Gasteiger partial charge in [-0.15, -0.1) is 11.8 Å². The molecular formula is C27H33F3O7S. The van der Waals surface area contributed by atoms with E-state index in [4.69, 9.17) is 14.2 Å². The van der Waals surface area contributed by atoms with Crippen LogP contribution in [0.25, 0.3) is 0 Å². The van der Waals surface area contributed by atoms with Crippen molar-refractivity contribution in [1.29, 1.82) is 0 Å². The predicted octanol–water partition coefficient (Wildman–Crippen LogP) is 4.59. The minimum absolute atomic E-state index is 0.0362. The molecule has 0 aliphatic heterocycles. The first-order valence-corrected chi connectivity index (χ1v) is 14.1. The SMILES string of the molecule is CSCO[C@]1(C(=O)COC(C)=O)CC[C@H]2[C@@H]3CCC4=CC(=O)C=C[C@]4(C)[C@H]3[C@@H](OC(=O)C(F)(F)F)C[C@@]21C. The number of ether oxygens (including phenoxy) is 3. The summed E-state index contributed by atoms with van der Waals surface area (Å²) in [5, 5.41) is 0. The van der Waals surface area contributed by atoms with Gasteiger partial charge in [-0.2, -0.15) is 13.2 Å². The highest BCUT2D eigenvalue weighted by Crippen LogP contribution is 2.68. The van der Waals surface area contributed by atoms with Crippen LogP contribution in [0, 0.1) is 28.6 Å². The normalized spacial score (nSPS) is 38.0. The van der Waals surface area contributed by atoms with E-state index in [0.29, 0.717) is 25.7 Å². The first kappa shape index (κ1) is 28.9. The minimum atomic E-state index is -5.19. The van der Waals surface area contributed by atoms with Crippen LogP contribution in [0.4, 0.5) is 13.2 Å². The maximum absolute atomic E-state index is 13.7. The molecule has 0 radical (unpaired) electrons. The van der Waals surface area contributed by atoms with Crippen LogP contribution in [0.5, 0.6) is 0 Å². The fraction of sp³-hybridized carbons (Fsp3) is 0.704. The van der Waals surface area contributed by atoms with E-state index in [9.17, 15) is 32.3 Å². The predicted molar refractivity (Wildman–Crippen MR) is 132 cm³/mol. The van der Waals surface area contributed by atoms with Crippen LogP contribution in [-0.4, -0.2) is 60.2 Å². The van der Waals surface area contributed by atoms with Crippen molar-refractivity contribution < 1.29 is 46.6 Å². The third kappa shape index (κ3) is 4.63. The molecule has 4 aliphatic carbocycles. The number of thioether (sulfide) groups is 1. The molecule has 0 N–H and O–H groups in total. The van der Waals surface area contributed by atoms with Crippen molar-refractivity contribution in [1.82, 2.24) is 0 Å². The zero-order valence-corrected chi connectivity index (χ0v) is 22.7. The molecule has 0 saturated heterocycles. The van der Waals surface area contributed by atoms with Gasteiger partial charge in [-0.05, 0) is 62.3 Å². The number of fused-ring (bicyclic) bond motifs is 5. The van der Waals surface area contributed by atoms with Gasteiger partial charge in [-0.1, -0.05) is 25.5 Å². The Bertz CT molecular complexity index is 1090. The molecular weight excluding hydrogens is 525 g/mol. The van der Waals surface area contributed by atoms with Crippen LogP contribution >= 0.6 is 11.8 Å². The maximum atomic E-state index is 13.7. The molecule has 0 bridgehead atoms. The number of Topliss-reactive ketones (excluding diaryl/α,β-unsaturated/α-hetero) is 1. The van der Waals surface area contributed by atoms with E-state index in [2.05, 4.69) is 0 Å². The summed E-state index contributed by atoms with van der Waals surface area (Å²) in [6, 6.07) is 0. The van der Waals surface area contributed by atoms with E-state index in [1.165, 1.54) is 30.8 Å². The molecule has 0 aromatic rings. The largest absolute Gasteiger partial charge is 0.490 e. The van der Waals surface area contributed by atoms with Crippen molar-refractivity contribution in [2.75, 3.05) is 18.8 Å². The van der Waals surface area contributed by atoms with Gasteiger partial charge in [0.15, 0.2) is 12.4 Å². The minimum Gasteiger partial charge on any atom is -0.458 e. The molecule has 3 saturated carbocycles. The molecule has 7 atom stereocenters. The van der Waals surface area contributed by atoms with Crippen LogP contribution in [0.15, 0.2) is 23.8 Å². The van der Waals surface area contributed by atoms with Crippen molar-refractivity contribution in [2.24, 2.45) is 28.6 Å². The first-order chi connectivity index (χ1) is 17.7. The van der Waals surface area contributed by atoms with Gasteiger partial charge >= 0.3 is 18.1 Å². The average molecular weight is 559 g/mol. The third-order valence-corrected chi connectivity index (χ3v) is 9.72. The van der Waals surface area contributed by atoms with Gasteiger partial charge in [-0.3, -0.25) is 14.4 Å². The van der Waals surface area contributed by atoms with Crippen molar-refractivity contribution >= 4 is 35.3 Å². The summed E-state index contributed by atoms with van der Waals surface area (Å²) in [6.07, 6.45) is 2.12. The topological polar surface area (TPSA) is 96.0 Å². The molecule has 11 heteroatoms. The summed E-state index contributed by atoms with van der Waals surface area (Å²) in [7, 11) is 0.